The van der Waals surface area contributed by atoms with Crippen molar-refractivity contribution >= 4 is 16.9 Å². The molecule has 0 aliphatic heterocycles. The van der Waals surface area contributed by atoms with Crippen LogP contribution < -0.4 is 0 Å². The average Bonchev–Trinajstić information content (AvgIpc) is 2.34. The van der Waals surface area contributed by atoms with E-state index in [0.29, 0.717) is 5.69 Å². The molecule has 0 N–H and O–H groups in total. The Labute approximate surface area is 107 Å². The van der Waals surface area contributed by atoms with Gasteiger partial charge in [-0.3, -0.25) is 4.98 Å². The van der Waals surface area contributed by atoms with Gasteiger partial charge in [0.05, 0.1) is 23.8 Å². The predicted octanol–water partition coefficient (Wildman–Crippen LogP) is 3.35. The first-order valence-corrected chi connectivity index (χ1v) is 5.40. The topological polar surface area (TPSA) is 39.2 Å². The Morgan fingerprint density at radius 1 is 1.32 bits per heavy atom. The normalized spacial score (nSPS) is 11.6. The lowest BCUT2D eigenvalue weighted by Crippen LogP contribution is -2.09. The number of para-hydroxylation sites is 1. The van der Waals surface area contributed by atoms with Crippen LogP contribution in [0.1, 0.15) is 21.6 Å². The second-order valence-corrected chi connectivity index (χ2v) is 4.00. The van der Waals surface area contributed by atoms with E-state index in [2.05, 4.69) is 9.72 Å². The summed E-state index contributed by atoms with van der Waals surface area (Å²) in [7, 11) is 1.18. The van der Waals surface area contributed by atoms with Crippen molar-refractivity contribution in [2.75, 3.05) is 7.11 Å². The summed E-state index contributed by atoms with van der Waals surface area (Å²) in [5, 5.41) is 0.132. The predicted molar refractivity (Wildman–Crippen MR) is 62.8 cm³/mol. The number of benzene rings is 1. The van der Waals surface area contributed by atoms with Gasteiger partial charge in [-0.25, -0.2) is 4.79 Å². The highest BCUT2D eigenvalue weighted by atomic mass is 19.4. The highest BCUT2D eigenvalue weighted by molar-refractivity contribution is 6.04. The number of carbonyl (C=O) groups is 1. The van der Waals surface area contributed by atoms with Crippen molar-refractivity contribution in [2.45, 2.75) is 13.1 Å². The molecule has 3 nitrogen and oxygen atoms in total. The molecular formula is C13H10F3NO2. The lowest BCUT2D eigenvalue weighted by atomic mass is 10.0. The SMILES string of the molecule is COC(=O)c1cc(C)nc2c(C(F)(F)F)cccc12. The van der Waals surface area contributed by atoms with Crippen molar-refractivity contribution in [2.24, 2.45) is 0 Å². The van der Waals surface area contributed by atoms with Gasteiger partial charge in [0.1, 0.15) is 0 Å². The summed E-state index contributed by atoms with van der Waals surface area (Å²) in [4.78, 5) is 15.5. The first-order chi connectivity index (χ1) is 8.84. The molecule has 0 spiro atoms. The monoisotopic (exact) mass is 269 g/mol. The number of alkyl halides is 3. The molecule has 0 saturated heterocycles. The molecule has 1 heterocycles. The quantitative estimate of drug-likeness (QED) is 0.745. The van der Waals surface area contributed by atoms with E-state index in [1.165, 1.54) is 32.2 Å². The number of rotatable bonds is 1. The van der Waals surface area contributed by atoms with Gasteiger partial charge in [0.25, 0.3) is 0 Å². The summed E-state index contributed by atoms with van der Waals surface area (Å²) in [6.45, 7) is 1.53. The first kappa shape index (κ1) is 13.3. The number of aryl methyl sites for hydroxylation is 1. The summed E-state index contributed by atoms with van der Waals surface area (Å²) in [5.41, 5.74) is -0.699. The molecule has 100 valence electrons. The van der Waals surface area contributed by atoms with E-state index in [9.17, 15) is 18.0 Å². The lowest BCUT2D eigenvalue weighted by Gasteiger charge is -2.12. The van der Waals surface area contributed by atoms with Gasteiger partial charge in [-0.1, -0.05) is 12.1 Å². The van der Waals surface area contributed by atoms with Gasteiger partial charge in [-0.15, -0.1) is 0 Å². The molecule has 0 bridgehead atoms. The smallest absolute Gasteiger partial charge is 0.418 e. The fourth-order valence-electron chi connectivity index (χ4n) is 1.88. The zero-order valence-electron chi connectivity index (χ0n) is 10.2. The minimum atomic E-state index is -4.52. The third-order valence-electron chi connectivity index (χ3n) is 2.68. The van der Waals surface area contributed by atoms with E-state index in [0.717, 1.165) is 6.07 Å². The van der Waals surface area contributed by atoms with E-state index < -0.39 is 17.7 Å². The molecule has 6 heteroatoms. The van der Waals surface area contributed by atoms with Crippen LogP contribution in [0.5, 0.6) is 0 Å². The highest BCUT2D eigenvalue weighted by Crippen LogP contribution is 2.35. The molecule has 19 heavy (non-hydrogen) atoms. The van der Waals surface area contributed by atoms with Crippen LogP contribution in [0.25, 0.3) is 10.9 Å². The number of pyridine rings is 1. The third-order valence-corrected chi connectivity index (χ3v) is 2.68. The molecule has 0 atom stereocenters. The van der Waals surface area contributed by atoms with E-state index in [-0.39, 0.29) is 16.5 Å². The van der Waals surface area contributed by atoms with Crippen LogP contribution in [-0.2, 0) is 10.9 Å². The number of hydrogen-bond donors (Lipinski definition) is 0. The van der Waals surface area contributed by atoms with Gasteiger partial charge in [-0.05, 0) is 19.1 Å². The number of aromatic nitrogens is 1. The zero-order valence-corrected chi connectivity index (χ0v) is 10.2. The summed E-state index contributed by atoms with van der Waals surface area (Å²) in [5.74, 6) is -0.685. The van der Waals surface area contributed by atoms with E-state index >= 15 is 0 Å². The van der Waals surface area contributed by atoms with Crippen LogP contribution in [-0.4, -0.2) is 18.1 Å². The Morgan fingerprint density at radius 3 is 2.58 bits per heavy atom. The fraction of sp³-hybridized carbons (Fsp3) is 0.231. The number of halogens is 3. The number of carbonyl (C=O) groups excluding carboxylic acids is 1. The van der Waals surface area contributed by atoms with Gasteiger partial charge >= 0.3 is 12.1 Å². The summed E-state index contributed by atoms with van der Waals surface area (Å²) in [6.07, 6.45) is -4.52. The maximum Gasteiger partial charge on any atom is 0.418 e. The highest BCUT2D eigenvalue weighted by Gasteiger charge is 2.33. The summed E-state index contributed by atoms with van der Waals surface area (Å²) < 4.78 is 43.3. The fourth-order valence-corrected chi connectivity index (χ4v) is 1.88. The molecule has 1 aromatic heterocycles. The largest absolute Gasteiger partial charge is 0.465 e. The molecule has 0 aliphatic carbocycles. The summed E-state index contributed by atoms with van der Waals surface area (Å²) >= 11 is 0. The number of hydrogen-bond acceptors (Lipinski definition) is 3. The van der Waals surface area contributed by atoms with Crippen LogP contribution in [0.3, 0.4) is 0 Å². The van der Waals surface area contributed by atoms with E-state index in [4.69, 9.17) is 0 Å². The lowest BCUT2D eigenvalue weighted by molar-refractivity contribution is -0.136. The molecular weight excluding hydrogens is 259 g/mol. The molecule has 0 radical (unpaired) electrons. The van der Waals surface area contributed by atoms with Gasteiger partial charge in [0, 0.05) is 11.1 Å². The molecule has 0 amide bonds. The maximum atomic E-state index is 12.9. The van der Waals surface area contributed by atoms with Gasteiger partial charge < -0.3 is 4.74 Å². The molecule has 2 rings (SSSR count). The molecule has 0 unspecified atom stereocenters. The van der Waals surface area contributed by atoms with Crippen LogP contribution in [0.15, 0.2) is 24.3 Å². The summed E-state index contributed by atoms with van der Waals surface area (Å²) in [6, 6.07) is 5.02. The van der Waals surface area contributed by atoms with Crippen molar-refractivity contribution in [3.8, 4) is 0 Å². The van der Waals surface area contributed by atoms with Crippen molar-refractivity contribution in [3.63, 3.8) is 0 Å². The molecule has 1 aromatic carbocycles. The second-order valence-electron chi connectivity index (χ2n) is 4.00. The van der Waals surface area contributed by atoms with Crippen molar-refractivity contribution in [3.05, 3.63) is 41.1 Å². The number of nitrogens with zero attached hydrogens (tertiary/aromatic N) is 1. The number of methoxy groups -OCH3 is 1. The third kappa shape index (κ3) is 2.38. The Bertz CT molecular complexity index is 650. The van der Waals surface area contributed by atoms with Gasteiger partial charge in [-0.2, -0.15) is 13.2 Å². The average molecular weight is 269 g/mol. The number of fused-ring (bicyclic) bond motifs is 1. The Balaban J connectivity index is 2.85. The van der Waals surface area contributed by atoms with Gasteiger partial charge in [0.2, 0.25) is 0 Å². The number of ether oxygens (including phenoxy) is 1. The Kier molecular flexibility index (Phi) is 3.18. The van der Waals surface area contributed by atoms with E-state index in [1.807, 2.05) is 0 Å². The minimum Gasteiger partial charge on any atom is -0.465 e. The second kappa shape index (κ2) is 4.53. The molecule has 0 saturated carbocycles. The molecule has 0 fully saturated rings. The first-order valence-electron chi connectivity index (χ1n) is 5.40. The Morgan fingerprint density at radius 2 is 2.00 bits per heavy atom. The van der Waals surface area contributed by atoms with Crippen molar-refractivity contribution < 1.29 is 22.7 Å². The van der Waals surface area contributed by atoms with Gasteiger partial charge in [0.15, 0.2) is 0 Å². The molecule has 2 aromatic rings. The minimum absolute atomic E-state index is 0.0797. The van der Waals surface area contributed by atoms with Crippen LogP contribution in [0.2, 0.25) is 0 Å². The van der Waals surface area contributed by atoms with Crippen LogP contribution in [0, 0.1) is 6.92 Å². The van der Waals surface area contributed by atoms with E-state index in [1.54, 1.807) is 0 Å². The zero-order chi connectivity index (χ0) is 14.2. The van der Waals surface area contributed by atoms with Crippen molar-refractivity contribution in [1.82, 2.24) is 4.98 Å². The Hall–Kier alpha value is -2.11. The maximum absolute atomic E-state index is 12.9. The standard InChI is InChI=1S/C13H10F3NO2/c1-7-6-9(12(18)19-2)8-4-3-5-10(11(8)17-7)13(14,15)16/h3-6H,1-2H3. The van der Waals surface area contributed by atoms with Crippen molar-refractivity contribution in [1.29, 1.82) is 0 Å². The molecule has 0 aliphatic rings. The number of esters is 1. The van der Waals surface area contributed by atoms with Crippen LogP contribution in [0.4, 0.5) is 13.2 Å². The van der Waals surface area contributed by atoms with Crippen LogP contribution >= 0.6 is 0 Å².